The highest BCUT2D eigenvalue weighted by Gasteiger charge is 2.13. The van der Waals surface area contributed by atoms with Gasteiger partial charge in [-0.15, -0.1) is 18.2 Å². The van der Waals surface area contributed by atoms with Crippen LogP contribution in [0.25, 0.3) is 0 Å². The topological polar surface area (TPSA) is 35.5 Å². The molecule has 1 atom stereocenters. The van der Waals surface area contributed by atoms with E-state index in [4.69, 9.17) is 21.1 Å². The van der Waals surface area contributed by atoms with Crippen LogP contribution in [0.1, 0.15) is 30.6 Å². The van der Waals surface area contributed by atoms with Crippen LogP contribution in [0.4, 0.5) is 0 Å². The summed E-state index contributed by atoms with van der Waals surface area (Å²) < 4.78 is 10.4. The number of alkyl halides is 1. The molecule has 1 rings (SSSR count). The SMILES string of the molecule is C=CCC(O/C=C/C(=O)OCC)c1ccccc1CCl. The van der Waals surface area contributed by atoms with E-state index in [0.29, 0.717) is 18.9 Å². The first kappa shape index (κ1) is 16.3. The van der Waals surface area contributed by atoms with Crippen LogP contribution in [0, 0.1) is 0 Å². The van der Waals surface area contributed by atoms with Gasteiger partial charge in [0.05, 0.1) is 18.9 Å². The van der Waals surface area contributed by atoms with E-state index >= 15 is 0 Å². The van der Waals surface area contributed by atoms with Gasteiger partial charge < -0.3 is 9.47 Å². The average molecular weight is 295 g/mol. The van der Waals surface area contributed by atoms with E-state index < -0.39 is 5.97 Å². The smallest absolute Gasteiger partial charge is 0.333 e. The van der Waals surface area contributed by atoms with Crippen LogP contribution in [0.5, 0.6) is 0 Å². The summed E-state index contributed by atoms with van der Waals surface area (Å²) in [6, 6.07) is 7.78. The van der Waals surface area contributed by atoms with Crippen molar-refractivity contribution < 1.29 is 14.3 Å². The minimum absolute atomic E-state index is 0.215. The molecule has 0 spiro atoms. The average Bonchev–Trinajstić information content (AvgIpc) is 2.46. The normalized spacial score (nSPS) is 12.1. The molecule has 0 aromatic heterocycles. The maximum Gasteiger partial charge on any atom is 0.333 e. The van der Waals surface area contributed by atoms with E-state index in [0.717, 1.165) is 11.1 Å². The molecule has 0 heterocycles. The zero-order valence-electron chi connectivity index (χ0n) is 11.5. The first-order chi connectivity index (χ1) is 9.72. The molecule has 0 amide bonds. The molecule has 1 unspecified atom stereocenters. The number of benzene rings is 1. The van der Waals surface area contributed by atoms with Crippen molar-refractivity contribution in [2.24, 2.45) is 0 Å². The van der Waals surface area contributed by atoms with Gasteiger partial charge in [0.2, 0.25) is 0 Å². The Labute approximate surface area is 124 Å². The maximum atomic E-state index is 11.2. The number of hydrogen-bond donors (Lipinski definition) is 0. The molecule has 0 bridgehead atoms. The van der Waals surface area contributed by atoms with Gasteiger partial charge in [-0.25, -0.2) is 4.79 Å². The van der Waals surface area contributed by atoms with Crippen LogP contribution >= 0.6 is 11.6 Å². The Morgan fingerprint density at radius 1 is 1.45 bits per heavy atom. The first-order valence-corrected chi connectivity index (χ1v) is 6.99. The molecule has 0 aliphatic heterocycles. The molecule has 0 saturated carbocycles. The second-order valence-electron chi connectivity index (χ2n) is 4.04. The Bertz CT molecular complexity index is 469. The molecule has 20 heavy (non-hydrogen) atoms. The van der Waals surface area contributed by atoms with Gasteiger partial charge in [0.25, 0.3) is 0 Å². The number of carbonyl (C=O) groups is 1. The van der Waals surface area contributed by atoms with Gasteiger partial charge in [0.15, 0.2) is 0 Å². The van der Waals surface area contributed by atoms with Gasteiger partial charge in [-0.05, 0) is 18.1 Å². The lowest BCUT2D eigenvalue weighted by Crippen LogP contribution is -2.04. The summed E-state index contributed by atoms with van der Waals surface area (Å²) in [4.78, 5) is 11.2. The first-order valence-electron chi connectivity index (χ1n) is 6.46. The molecule has 0 aliphatic rings. The summed E-state index contributed by atoms with van der Waals surface area (Å²) in [7, 11) is 0. The molecule has 0 radical (unpaired) electrons. The van der Waals surface area contributed by atoms with Crippen molar-refractivity contribution in [1.82, 2.24) is 0 Å². The lowest BCUT2D eigenvalue weighted by molar-refractivity contribution is -0.137. The van der Waals surface area contributed by atoms with Crippen LogP contribution in [0.15, 0.2) is 49.3 Å². The minimum Gasteiger partial charge on any atom is -0.493 e. The monoisotopic (exact) mass is 294 g/mol. The Hall–Kier alpha value is -1.74. The van der Waals surface area contributed by atoms with Gasteiger partial charge >= 0.3 is 5.97 Å². The quantitative estimate of drug-likeness (QED) is 0.238. The summed E-state index contributed by atoms with van der Waals surface area (Å²) in [6.07, 6.45) is 4.81. The predicted octanol–water partition coefficient (Wildman–Crippen LogP) is 4.14. The van der Waals surface area contributed by atoms with Crippen LogP contribution in [0.2, 0.25) is 0 Å². The van der Waals surface area contributed by atoms with Gasteiger partial charge in [-0.1, -0.05) is 30.3 Å². The number of carbonyl (C=O) groups excluding carboxylic acids is 1. The van der Waals surface area contributed by atoms with Crippen LogP contribution in [-0.2, 0) is 20.1 Å². The van der Waals surface area contributed by atoms with Crippen molar-refractivity contribution >= 4 is 17.6 Å². The number of hydrogen-bond acceptors (Lipinski definition) is 3. The van der Waals surface area contributed by atoms with E-state index in [-0.39, 0.29) is 6.10 Å². The summed E-state index contributed by atoms with van der Waals surface area (Å²) >= 11 is 5.93. The van der Waals surface area contributed by atoms with Crippen molar-refractivity contribution in [2.75, 3.05) is 6.61 Å². The summed E-state index contributed by atoms with van der Waals surface area (Å²) in [5.41, 5.74) is 2.00. The third-order valence-electron chi connectivity index (χ3n) is 2.66. The van der Waals surface area contributed by atoms with Gasteiger partial charge in [-0.3, -0.25) is 0 Å². The van der Waals surface area contributed by atoms with E-state index in [1.807, 2.05) is 24.3 Å². The third kappa shape index (κ3) is 5.10. The molecule has 4 heteroatoms. The number of esters is 1. The number of rotatable bonds is 8. The van der Waals surface area contributed by atoms with Crippen molar-refractivity contribution in [3.8, 4) is 0 Å². The van der Waals surface area contributed by atoms with E-state index in [9.17, 15) is 4.79 Å². The lowest BCUT2D eigenvalue weighted by atomic mass is 10.0. The Morgan fingerprint density at radius 3 is 2.85 bits per heavy atom. The fourth-order valence-electron chi connectivity index (χ4n) is 1.76. The highest BCUT2D eigenvalue weighted by Crippen LogP contribution is 2.26. The Morgan fingerprint density at radius 2 is 2.20 bits per heavy atom. The molecular weight excluding hydrogens is 276 g/mol. The number of halogens is 1. The fourth-order valence-corrected chi connectivity index (χ4v) is 2.00. The Balaban J connectivity index is 2.78. The van der Waals surface area contributed by atoms with Crippen molar-refractivity contribution in [3.63, 3.8) is 0 Å². The molecule has 3 nitrogen and oxygen atoms in total. The molecule has 0 fully saturated rings. The maximum absolute atomic E-state index is 11.2. The summed E-state index contributed by atoms with van der Waals surface area (Å²) in [5.74, 6) is -0.00938. The van der Waals surface area contributed by atoms with Crippen molar-refractivity contribution in [3.05, 3.63) is 60.4 Å². The molecule has 0 aliphatic carbocycles. The van der Waals surface area contributed by atoms with Crippen LogP contribution in [0.3, 0.4) is 0 Å². The summed E-state index contributed by atoms with van der Waals surface area (Å²) in [6.45, 7) is 5.82. The van der Waals surface area contributed by atoms with Gasteiger partial charge in [0, 0.05) is 12.3 Å². The van der Waals surface area contributed by atoms with Crippen LogP contribution in [-0.4, -0.2) is 12.6 Å². The number of ether oxygens (including phenoxy) is 2. The summed E-state index contributed by atoms with van der Waals surface area (Å²) in [5, 5.41) is 0. The molecule has 1 aromatic carbocycles. The third-order valence-corrected chi connectivity index (χ3v) is 2.95. The van der Waals surface area contributed by atoms with E-state index in [1.54, 1.807) is 13.0 Å². The van der Waals surface area contributed by atoms with Crippen LogP contribution < -0.4 is 0 Å². The molecule has 108 valence electrons. The van der Waals surface area contributed by atoms with E-state index in [2.05, 4.69) is 6.58 Å². The van der Waals surface area contributed by atoms with Crippen molar-refractivity contribution in [2.45, 2.75) is 25.3 Å². The largest absolute Gasteiger partial charge is 0.493 e. The lowest BCUT2D eigenvalue weighted by Gasteiger charge is -2.18. The zero-order chi connectivity index (χ0) is 14.8. The predicted molar refractivity (Wildman–Crippen MR) is 80.4 cm³/mol. The van der Waals surface area contributed by atoms with Crippen molar-refractivity contribution in [1.29, 1.82) is 0 Å². The molecule has 1 aromatic rings. The highest BCUT2D eigenvalue weighted by atomic mass is 35.5. The molecule has 0 saturated heterocycles. The van der Waals surface area contributed by atoms with Gasteiger partial charge in [-0.2, -0.15) is 0 Å². The second-order valence-corrected chi connectivity index (χ2v) is 4.30. The standard InChI is InChI=1S/C16H19ClO3/c1-3-7-15(20-11-10-16(18)19-4-2)14-9-6-5-8-13(14)12-17/h3,5-6,8-11,15H,1,4,7,12H2,2H3/b11-10+. The second kappa shape index (κ2) is 9.21. The minimum atomic E-state index is -0.421. The molecular formula is C16H19ClO3. The van der Waals surface area contributed by atoms with Gasteiger partial charge in [0.1, 0.15) is 6.10 Å². The zero-order valence-corrected chi connectivity index (χ0v) is 12.3. The Kier molecular flexibility index (Phi) is 7.51. The molecule has 0 N–H and O–H groups in total. The fraction of sp³-hybridized carbons (Fsp3) is 0.312. The highest BCUT2D eigenvalue weighted by molar-refractivity contribution is 6.17. The van der Waals surface area contributed by atoms with E-state index in [1.165, 1.54) is 12.3 Å².